The molecule has 0 saturated carbocycles. The van der Waals surface area contributed by atoms with Crippen molar-refractivity contribution in [2.75, 3.05) is 12.4 Å². The molecule has 5 nitrogen and oxygen atoms in total. The Morgan fingerprint density at radius 2 is 2.11 bits per heavy atom. The molecule has 1 heterocycles. The van der Waals surface area contributed by atoms with Crippen LogP contribution in [0.1, 0.15) is 39.4 Å². The van der Waals surface area contributed by atoms with Crippen molar-refractivity contribution in [1.29, 1.82) is 0 Å². The number of aromatic nitrogens is 1. The van der Waals surface area contributed by atoms with Crippen molar-refractivity contribution in [3.8, 4) is 0 Å². The van der Waals surface area contributed by atoms with Crippen LogP contribution < -0.4 is 10.6 Å². The summed E-state index contributed by atoms with van der Waals surface area (Å²) in [4.78, 5) is 16.0. The zero-order chi connectivity index (χ0) is 13.8. The Labute approximate surface area is 108 Å². The smallest absolute Gasteiger partial charge is 0.412 e. The second kappa shape index (κ2) is 5.82. The van der Waals surface area contributed by atoms with Crippen molar-refractivity contribution in [2.45, 2.75) is 39.3 Å². The van der Waals surface area contributed by atoms with E-state index in [0.717, 1.165) is 5.69 Å². The number of ether oxygens (including phenoxy) is 1. The Hall–Kier alpha value is -1.62. The number of carbonyl (C=O) groups excluding carboxylic acids is 1. The van der Waals surface area contributed by atoms with E-state index >= 15 is 0 Å². The summed E-state index contributed by atoms with van der Waals surface area (Å²) in [7, 11) is 1.84. The van der Waals surface area contributed by atoms with Crippen LogP contribution in [0.5, 0.6) is 0 Å². The quantitative estimate of drug-likeness (QED) is 0.867. The average molecular weight is 251 g/mol. The Kier molecular flexibility index (Phi) is 4.67. The molecule has 18 heavy (non-hydrogen) atoms. The number of anilines is 1. The topological polar surface area (TPSA) is 63.2 Å². The molecular weight excluding hydrogens is 230 g/mol. The summed E-state index contributed by atoms with van der Waals surface area (Å²) in [6.45, 7) is 7.45. The monoisotopic (exact) mass is 251 g/mol. The van der Waals surface area contributed by atoms with E-state index in [-0.39, 0.29) is 6.04 Å². The fourth-order valence-electron chi connectivity index (χ4n) is 1.42. The molecule has 1 aromatic rings. The Balaban J connectivity index is 2.81. The van der Waals surface area contributed by atoms with Gasteiger partial charge >= 0.3 is 6.09 Å². The highest BCUT2D eigenvalue weighted by molar-refractivity contribution is 5.85. The fraction of sp³-hybridized carbons (Fsp3) is 0.538. The Morgan fingerprint density at radius 3 is 2.67 bits per heavy atom. The minimum Gasteiger partial charge on any atom is -0.444 e. The van der Waals surface area contributed by atoms with Gasteiger partial charge in [-0.2, -0.15) is 0 Å². The van der Waals surface area contributed by atoms with Crippen LogP contribution in [0.15, 0.2) is 18.3 Å². The molecule has 0 radical (unpaired) electrons. The summed E-state index contributed by atoms with van der Waals surface area (Å²) in [5.74, 6) is 0. The minimum atomic E-state index is -0.513. The van der Waals surface area contributed by atoms with Crippen LogP contribution in [-0.4, -0.2) is 23.7 Å². The van der Waals surface area contributed by atoms with Gasteiger partial charge in [-0.25, -0.2) is 4.79 Å². The maximum absolute atomic E-state index is 11.7. The minimum absolute atomic E-state index is 0.0520. The molecular formula is C13H21N3O2. The van der Waals surface area contributed by atoms with E-state index in [1.54, 1.807) is 18.3 Å². The van der Waals surface area contributed by atoms with Gasteiger partial charge in [0, 0.05) is 12.2 Å². The van der Waals surface area contributed by atoms with Crippen LogP contribution in [0.3, 0.4) is 0 Å². The summed E-state index contributed by atoms with van der Waals surface area (Å²) < 4.78 is 5.21. The molecule has 1 amide bonds. The maximum atomic E-state index is 11.7. The molecule has 5 heteroatoms. The van der Waals surface area contributed by atoms with Gasteiger partial charge < -0.3 is 10.1 Å². The van der Waals surface area contributed by atoms with Crippen LogP contribution in [0.4, 0.5) is 10.5 Å². The first-order valence-electron chi connectivity index (χ1n) is 5.95. The number of pyridine rings is 1. The van der Waals surface area contributed by atoms with Crippen molar-refractivity contribution in [3.05, 3.63) is 24.0 Å². The molecule has 0 saturated heterocycles. The highest BCUT2D eigenvalue weighted by Gasteiger charge is 2.18. The van der Waals surface area contributed by atoms with Gasteiger partial charge in [-0.15, -0.1) is 0 Å². The predicted molar refractivity (Wildman–Crippen MR) is 71.6 cm³/mol. The SMILES string of the molecule is CN[C@@H](C)c1ncccc1NC(=O)OC(C)(C)C. The van der Waals surface area contributed by atoms with Gasteiger partial charge in [-0.05, 0) is 46.9 Å². The van der Waals surface area contributed by atoms with Crippen molar-refractivity contribution in [2.24, 2.45) is 0 Å². The normalized spacial score (nSPS) is 12.9. The summed E-state index contributed by atoms with van der Waals surface area (Å²) in [5, 5.41) is 5.81. The van der Waals surface area contributed by atoms with Gasteiger partial charge in [-0.1, -0.05) is 0 Å². The van der Waals surface area contributed by atoms with Gasteiger partial charge in [0.15, 0.2) is 0 Å². The second-order valence-corrected chi connectivity index (χ2v) is 5.07. The second-order valence-electron chi connectivity index (χ2n) is 5.07. The van der Waals surface area contributed by atoms with Crippen molar-refractivity contribution in [1.82, 2.24) is 10.3 Å². The number of nitrogens with zero attached hydrogens (tertiary/aromatic N) is 1. The number of nitrogens with one attached hydrogen (secondary N) is 2. The first kappa shape index (κ1) is 14.4. The van der Waals surface area contributed by atoms with Crippen LogP contribution in [0.2, 0.25) is 0 Å². The molecule has 0 aliphatic carbocycles. The number of hydrogen-bond acceptors (Lipinski definition) is 4. The molecule has 0 aliphatic heterocycles. The lowest BCUT2D eigenvalue weighted by molar-refractivity contribution is 0.0635. The molecule has 1 atom stereocenters. The van der Waals surface area contributed by atoms with E-state index in [1.165, 1.54) is 0 Å². The lowest BCUT2D eigenvalue weighted by Gasteiger charge is -2.21. The van der Waals surface area contributed by atoms with Gasteiger partial charge in [0.1, 0.15) is 5.60 Å². The van der Waals surface area contributed by atoms with Crippen LogP contribution >= 0.6 is 0 Å². The lowest BCUT2D eigenvalue weighted by Crippen LogP contribution is -2.28. The van der Waals surface area contributed by atoms with E-state index in [1.807, 2.05) is 34.7 Å². The summed E-state index contributed by atoms with van der Waals surface area (Å²) in [5.41, 5.74) is 0.931. The average Bonchev–Trinajstić information content (AvgIpc) is 2.26. The molecule has 0 aliphatic rings. The number of amides is 1. The third-order valence-corrected chi connectivity index (χ3v) is 2.32. The first-order valence-corrected chi connectivity index (χ1v) is 5.95. The Bertz CT molecular complexity index is 413. The predicted octanol–water partition coefficient (Wildman–Crippen LogP) is 2.71. The molecule has 0 spiro atoms. The van der Waals surface area contributed by atoms with Gasteiger partial charge in [0.2, 0.25) is 0 Å². The molecule has 1 aromatic heterocycles. The van der Waals surface area contributed by atoms with Crippen molar-refractivity contribution < 1.29 is 9.53 Å². The third kappa shape index (κ3) is 4.33. The highest BCUT2D eigenvalue weighted by atomic mass is 16.6. The van der Waals surface area contributed by atoms with Gasteiger partial charge in [0.05, 0.1) is 11.4 Å². The number of hydrogen-bond donors (Lipinski definition) is 2. The zero-order valence-electron chi connectivity index (χ0n) is 11.6. The largest absolute Gasteiger partial charge is 0.444 e. The van der Waals surface area contributed by atoms with Crippen molar-refractivity contribution >= 4 is 11.8 Å². The first-order chi connectivity index (χ1) is 8.33. The third-order valence-electron chi connectivity index (χ3n) is 2.32. The van der Waals surface area contributed by atoms with Crippen LogP contribution in [0.25, 0.3) is 0 Å². The van der Waals surface area contributed by atoms with Gasteiger partial charge in [-0.3, -0.25) is 10.3 Å². The molecule has 0 fully saturated rings. The maximum Gasteiger partial charge on any atom is 0.412 e. The number of carbonyl (C=O) groups is 1. The van der Waals surface area contributed by atoms with E-state index in [0.29, 0.717) is 5.69 Å². The molecule has 0 bridgehead atoms. The summed E-state index contributed by atoms with van der Waals surface area (Å²) in [6.07, 6.45) is 1.23. The van der Waals surface area contributed by atoms with E-state index in [4.69, 9.17) is 4.74 Å². The van der Waals surface area contributed by atoms with E-state index in [2.05, 4.69) is 15.6 Å². The molecule has 1 rings (SSSR count). The van der Waals surface area contributed by atoms with Gasteiger partial charge in [0.25, 0.3) is 0 Å². The fourth-order valence-corrected chi connectivity index (χ4v) is 1.42. The molecule has 0 unspecified atom stereocenters. The number of rotatable bonds is 3. The van der Waals surface area contributed by atoms with Crippen LogP contribution in [0, 0.1) is 0 Å². The van der Waals surface area contributed by atoms with Crippen LogP contribution in [-0.2, 0) is 4.74 Å². The Morgan fingerprint density at radius 1 is 1.44 bits per heavy atom. The summed E-state index contributed by atoms with van der Waals surface area (Å²) >= 11 is 0. The van der Waals surface area contributed by atoms with E-state index < -0.39 is 11.7 Å². The molecule has 2 N–H and O–H groups in total. The van der Waals surface area contributed by atoms with E-state index in [9.17, 15) is 4.79 Å². The molecule has 0 aromatic carbocycles. The zero-order valence-corrected chi connectivity index (χ0v) is 11.6. The summed E-state index contributed by atoms with van der Waals surface area (Å²) in [6, 6.07) is 3.63. The highest BCUT2D eigenvalue weighted by Crippen LogP contribution is 2.20. The van der Waals surface area contributed by atoms with Crippen molar-refractivity contribution in [3.63, 3.8) is 0 Å². The lowest BCUT2D eigenvalue weighted by atomic mass is 10.2. The standard InChI is InChI=1S/C13H21N3O2/c1-9(14-5)11-10(7-6-8-15-11)16-12(17)18-13(2,3)4/h6-9,14H,1-5H3,(H,16,17)/t9-/m0/s1. The molecule has 100 valence electrons.